The number of rotatable bonds is 9. The molecule has 0 aliphatic rings. The van der Waals surface area contributed by atoms with Crippen molar-refractivity contribution >= 4 is 35.0 Å². The summed E-state index contributed by atoms with van der Waals surface area (Å²) in [4.78, 5) is 40.0. The van der Waals surface area contributed by atoms with Crippen LogP contribution in [0.25, 0.3) is 0 Å². The van der Waals surface area contributed by atoms with E-state index in [0.717, 1.165) is 22.4 Å². The zero-order valence-corrected chi connectivity index (χ0v) is 21.8. The van der Waals surface area contributed by atoms with E-state index in [-0.39, 0.29) is 30.7 Å². The normalized spacial score (nSPS) is 11.4. The summed E-state index contributed by atoms with van der Waals surface area (Å²) in [5, 5.41) is 11.9. The van der Waals surface area contributed by atoms with Gasteiger partial charge in [0.1, 0.15) is 5.75 Å². The molecule has 0 aliphatic heterocycles. The van der Waals surface area contributed by atoms with Crippen LogP contribution in [0.2, 0.25) is 0 Å². The molecule has 8 heteroatoms. The Balaban J connectivity index is 1.71. The standard InChI is InChI=1S/C29H33N3O5/c1-19-9-6-7-12-25(19)32(4)29(36)30-24-14-13-21(16-26(24)37-5)17-27(33)31(3)23-11-8-10-22(18-23)20(2)15-28(34)35/h6-14,16,18,20H,15,17H2,1-5H3,(H,30,36)(H,34,35). The molecule has 1 unspecified atom stereocenters. The van der Waals surface area contributed by atoms with Crippen molar-refractivity contribution in [3.8, 4) is 5.75 Å². The number of anilines is 3. The summed E-state index contributed by atoms with van der Waals surface area (Å²) in [6, 6.07) is 19.9. The molecule has 0 heterocycles. The predicted octanol–water partition coefficient (Wildman–Crippen LogP) is 5.46. The number of hydrogen-bond donors (Lipinski definition) is 2. The predicted molar refractivity (Wildman–Crippen MR) is 146 cm³/mol. The highest BCUT2D eigenvalue weighted by atomic mass is 16.5. The quantitative estimate of drug-likeness (QED) is 0.404. The highest BCUT2D eigenvalue weighted by molar-refractivity contribution is 6.02. The summed E-state index contributed by atoms with van der Waals surface area (Å²) in [6.07, 6.45) is 0.143. The molecule has 3 rings (SSSR count). The molecule has 3 aromatic carbocycles. The van der Waals surface area contributed by atoms with Gasteiger partial charge in [0, 0.05) is 25.5 Å². The maximum atomic E-state index is 13.0. The van der Waals surface area contributed by atoms with E-state index in [1.807, 2.05) is 62.4 Å². The zero-order chi connectivity index (χ0) is 27.1. The molecule has 3 amide bonds. The van der Waals surface area contributed by atoms with Crippen molar-refractivity contribution in [2.45, 2.75) is 32.6 Å². The van der Waals surface area contributed by atoms with E-state index in [9.17, 15) is 14.4 Å². The Morgan fingerprint density at radius 3 is 2.38 bits per heavy atom. The molecule has 2 N–H and O–H groups in total. The summed E-state index contributed by atoms with van der Waals surface area (Å²) in [7, 11) is 4.90. The monoisotopic (exact) mass is 503 g/mol. The van der Waals surface area contributed by atoms with Gasteiger partial charge in [0.05, 0.1) is 25.6 Å². The van der Waals surface area contributed by atoms with Crippen LogP contribution in [0.5, 0.6) is 5.75 Å². The molecule has 0 radical (unpaired) electrons. The number of likely N-dealkylation sites (N-methyl/N-ethyl adjacent to an activating group) is 1. The third kappa shape index (κ3) is 6.88. The number of ether oxygens (including phenoxy) is 1. The topological polar surface area (TPSA) is 99.2 Å². The minimum Gasteiger partial charge on any atom is -0.495 e. The molecule has 0 aliphatic carbocycles. The average molecular weight is 504 g/mol. The summed E-state index contributed by atoms with van der Waals surface area (Å²) >= 11 is 0. The second-order valence-corrected chi connectivity index (χ2v) is 9.03. The van der Waals surface area contributed by atoms with Crippen LogP contribution in [0.15, 0.2) is 66.7 Å². The van der Waals surface area contributed by atoms with Crippen molar-refractivity contribution in [2.75, 3.05) is 36.3 Å². The van der Waals surface area contributed by atoms with Crippen LogP contribution >= 0.6 is 0 Å². The Hall–Kier alpha value is -4.33. The van der Waals surface area contributed by atoms with Crippen LogP contribution in [-0.2, 0) is 16.0 Å². The molecule has 0 fully saturated rings. The Kier molecular flexibility index (Phi) is 8.90. The first kappa shape index (κ1) is 27.3. The van der Waals surface area contributed by atoms with Gasteiger partial charge in [-0.3, -0.25) is 14.5 Å². The van der Waals surface area contributed by atoms with Gasteiger partial charge in [0.15, 0.2) is 0 Å². The number of nitrogens with zero attached hydrogens (tertiary/aromatic N) is 2. The van der Waals surface area contributed by atoms with Crippen LogP contribution in [0.1, 0.15) is 36.0 Å². The van der Waals surface area contributed by atoms with Crippen LogP contribution in [0, 0.1) is 6.92 Å². The molecule has 37 heavy (non-hydrogen) atoms. The molecular weight excluding hydrogens is 470 g/mol. The van der Waals surface area contributed by atoms with Crippen LogP contribution in [0.3, 0.4) is 0 Å². The smallest absolute Gasteiger partial charge is 0.326 e. The molecule has 194 valence electrons. The van der Waals surface area contributed by atoms with Gasteiger partial charge >= 0.3 is 12.0 Å². The van der Waals surface area contributed by atoms with Crippen LogP contribution in [-0.4, -0.2) is 44.2 Å². The Morgan fingerprint density at radius 1 is 0.973 bits per heavy atom. The summed E-state index contributed by atoms with van der Waals surface area (Å²) in [5.41, 5.74) is 4.55. The average Bonchev–Trinajstić information content (AvgIpc) is 2.88. The van der Waals surface area contributed by atoms with Crippen LogP contribution in [0.4, 0.5) is 21.9 Å². The molecule has 0 bridgehead atoms. The SMILES string of the molecule is COc1cc(CC(=O)N(C)c2cccc(C(C)CC(=O)O)c2)ccc1NC(=O)N(C)c1ccccc1C. The van der Waals surface area contributed by atoms with Crippen molar-refractivity contribution in [1.82, 2.24) is 0 Å². The van der Waals surface area contributed by atoms with E-state index < -0.39 is 5.97 Å². The lowest BCUT2D eigenvalue weighted by molar-refractivity contribution is -0.137. The number of amides is 3. The Morgan fingerprint density at radius 2 is 1.70 bits per heavy atom. The fraction of sp³-hybridized carbons (Fsp3) is 0.276. The number of carboxylic acids is 1. The summed E-state index contributed by atoms with van der Waals surface area (Å²) < 4.78 is 5.49. The number of carbonyl (C=O) groups is 3. The first-order valence-corrected chi connectivity index (χ1v) is 12.0. The lowest BCUT2D eigenvalue weighted by atomic mass is 9.97. The van der Waals surface area contributed by atoms with E-state index in [1.54, 1.807) is 37.2 Å². The third-order valence-corrected chi connectivity index (χ3v) is 6.33. The highest BCUT2D eigenvalue weighted by Crippen LogP contribution is 2.28. The summed E-state index contributed by atoms with van der Waals surface area (Å²) in [5.74, 6) is -0.722. The maximum absolute atomic E-state index is 13.0. The van der Waals surface area contributed by atoms with E-state index in [1.165, 1.54) is 12.0 Å². The van der Waals surface area contributed by atoms with Crippen molar-refractivity contribution in [3.63, 3.8) is 0 Å². The van der Waals surface area contributed by atoms with E-state index in [0.29, 0.717) is 17.1 Å². The van der Waals surface area contributed by atoms with Gasteiger partial charge in [-0.05, 0) is 59.9 Å². The molecule has 0 saturated carbocycles. The second kappa shape index (κ2) is 12.1. The van der Waals surface area contributed by atoms with Crippen molar-refractivity contribution in [3.05, 3.63) is 83.4 Å². The number of carbonyl (C=O) groups excluding carboxylic acids is 2. The number of carboxylic acid groups (broad SMARTS) is 1. The maximum Gasteiger partial charge on any atom is 0.326 e. The van der Waals surface area contributed by atoms with Gasteiger partial charge in [-0.2, -0.15) is 0 Å². The zero-order valence-electron chi connectivity index (χ0n) is 21.8. The van der Waals surface area contributed by atoms with Gasteiger partial charge in [-0.25, -0.2) is 4.79 Å². The minimum atomic E-state index is -0.863. The number of aliphatic carboxylic acids is 1. The Bertz CT molecular complexity index is 1290. The molecule has 0 spiro atoms. The lowest BCUT2D eigenvalue weighted by Gasteiger charge is -2.21. The largest absolute Gasteiger partial charge is 0.495 e. The van der Waals surface area contributed by atoms with Gasteiger partial charge in [-0.1, -0.05) is 43.3 Å². The number of methoxy groups -OCH3 is 1. The number of hydrogen-bond acceptors (Lipinski definition) is 4. The third-order valence-electron chi connectivity index (χ3n) is 6.33. The van der Waals surface area contributed by atoms with E-state index in [4.69, 9.17) is 9.84 Å². The Labute approximate surface area is 217 Å². The van der Waals surface area contributed by atoms with Crippen molar-refractivity contribution in [2.24, 2.45) is 0 Å². The summed E-state index contributed by atoms with van der Waals surface area (Å²) in [6.45, 7) is 3.79. The van der Waals surface area contributed by atoms with Crippen molar-refractivity contribution in [1.29, 1.82) is 0 Å². The van der Waals surface area contributed by atoms with Gasteiger partial charge < -0.3 is 20.1 Å². The second-order valence-electron chi connectivity index (χ2n) is 9.03. The number of para-hydroxylation sites is 1. The molecule has 0 saturated heterocycles. The fourth-order valence-electron chi connectivity index (χ4n) is 4.05. The first-order chi connectivity index (χ1) is 17.6. The van der Waals surface area contributed by atoms with Gasteiger partial charge in [0.25, 0.3) is 0 Å². The minimum absolute atomic E-state index is 0.0184. The van der Waals surface area contributed by atoms with Gasteiger partial charge in [-0.15, -0.1) is 0 Å². The molecule has 1 atom stereocenters. The molecule has 3 aromatic rings. The number of nitrogens with one attached hydrogen (secondary N) is 1. The number of urea groups is 1. The molecule has 0 aromatic heterocycles. The molecular formula is C29H33N3O5. The number of benzene rings is 3. The first-order valence-electron chi connectivity index (χ1n) is 12.0. The van der Waals surface area contributed by atoms with E-state index >= 15 is 0 Å². The lowest BCUT2D eigenvalue weighted by Crippen LogP contribution is -2.31. The highest BCUT2D eigenvalue weighted by Gasteiger charge is 2.18. The number of aryl methyl sites for hydroxylation is 1. The van der Waals surface area contributed by atoms with Crippen molar-refractivity contribution < 1.29 is 24.2 Å². The van der Waals surface area contributed by atoms with E-state index in [2.05, 4.69) is 5.32 Å². The van der Waals surface area contributed by atoms with Gasteiger partial charge in [0.2, 0.25) is 5.91 Å². The molecule has 8 nitrogen and oxygen atoms in total. The fourth-order valence-corrected chi connectivity index (χ4v) is 4.05. The van der Waals surface area contributed by atoms with Crippen LogP contribution < -0.4 is 19.9 Å².